The van der Waals surface area contributed by atoms with E-state index < -0.39 is 0 Å². The van der Waals surface area contributed by atoms with E-state index >= 15 is 0 Å². The number of aromatic amines is 1. The van der Waals surface area contributed by atoms with Gasteiger partial charge in [0.05, 0.1) is 6.42 Å². The van der Waals surface area contributed by atoms with Crippen LogP contribution in [0, 0.1) is 0 Å². The number of fused-ring (bicyclic) bond motifs is 1. The second kappa shape index (κ2) is 7.03. The highest BCUT2D eigenvalue weighted by atomic mass is 16.2. The van der Waals surface area contributed by atoms with Crippen LogP contribution in [0.1, 0.15) is 11.4 Å². The maximum atomic E-state index is 12.4. The van der Waals surface area contributed by atoms with Crippen molar-refractivity contribution in [3.8, 4) is 0 Å². The molecular weight excluding hydrogens is 314 g/mol. The van der Waals surface area contributed by atoms with Crippen LogP contribution in [0.25, 0.3) is 10.9 Å². The van der Waals surface area contributed by atoms with Gasteiger partial charge in [0.15, 0.2) is 0 Å². The van der Waals surface area contributed by atoms with Gasteiger partial charge in [-0.1, -0.05) is 6.07 Å². The molecule has 1 fully saturated rings. The summed E-state index contributed by atoms with van der Waals surface area (Å²) >= 11 is 0. The van der Waals surface area contributed by atoms with Crippen LogP contribution in [0.15, 0.2) is 48.9 Å². The molecule has 25 heavy (non-hydrogen) atoms. The van der Waals surface area contributed by atoms with Crippen molar-refractivity contribution >= 4 is 16.8 Å². The van der Waals surface area contributed by atoms with E-state index in [0.717, 1.165) is 32.7 Å². The number of benzene rings is 1. The van der Waals surface area contributed by atoms with Crippen molar-refractivity contribution < 1.29 is 4.79 Å². The van der Waals surface area contributed by atoms with Gasteiger partial charge >= 0.3 is 0 Å². The molecule has 0 saturated carbocycles. The van der Waals surface area contributed by atoms with Crippen LogP contribution in [-0.4, -0.2) is 56.8 Å². The van der Waals surface area contributed by atoms with Crippen molar-refractivity contribution in [3.05, 3.63) is 60.3 Å². The molecule has 0 aliphatic carbocycles. The number of nitrogens with zero attached hydrogens (tertiary/aromatic N) is 4. The third kappa shape index (κ3) is 3.69. The molecule has 1 amide bonds. The number of carbonyl (C=O) groups excluding carboxylic acids is 1. The predicted octanol–water partition coefficient (Wildman–Crippen LogP) is 1.84. The molecule has 3 heterocycles. The molecule has 4 rings (SSSR count). The molecule has 1 saturated heterocycles. The van der Waals surface area contributed by atoms with E-state index in [9.17, 15) is 4.79 Å². The van der Waals surface area contributed by atoms with Gasteiger partial charge in [-0.05, 0) is 35.2 Å². The van der Waals surface area contributed by atoms with E-state index in [2.05, 4.69) is 44.1 Å². The topological polar surface area (TPSA) is 65.1 Å². The highest BCUT2D eigenvalue weighted by Crippen LogP contribution is 2.16. The summed E-state index contributed by atoms with van der Waals surface area (Å²) < 4.78 is 0. The lowest BCUT2D eigenvalue weighted by atomic mass is 10.1. The van der Waals surface area contributed by atoms with Crippen molar-refractivity contribution in [2.45, 2.75) is 13.0 Å². The molecule has 1 aliphatic rings. The Hall–Kier alpha value is -2.73. The molecule has 1 N–H and O–H groups in total. The molecule has 3 aromatic rings. The molecule has 0 bridgehead atoms. The number of aromatic nitrogens is 3. The minimum Gasteiger partial charge on any atom is -0.361 e. The van der Waals surface area contributed by atoms with Crippen LogP contribution in [0.5, 0.6) is 0 Å². The highest BCUT2D eigenvalue weighted by Gasteiger charge is 2.21. The SMILES string of the molecule is O=C(Cc1ncccn1)N1CCN(Cc2ccc3[nH]ccc3c2)CC1. The summed E-state index contributed by atoms with van der Waals surface area (Å²) in [6.45, 7) is 4.24. The normalized spacial score (nSPS) is 15.6. The van der Waals surface area contributed by atoms with Crippen LogP contribution in [0.3, 0.4) is 0 Å². The molecule has 0 atom stereocenters. The molecule has 6 heteroatoms. The standard InChI is InChI=1S/C19H21N5O/c25-19(13-18-21-5-1-6-22-18)24-10-8-23(9-11-24)14-15-2-3-17-16(12-15)4-7-20-17/h1-7,12,20H,8-11,13-14H2. The summed E-state index contributed by atoms with van der Waals surface area (Å²) in [6, 6.07) is 10.4. The largest absolute Gasteiger partial charge is 0.361 e. The number of nitrogens with one attached hydrogen (secondary N) is 1. The average molecular weight is 335 g/mol. The van der Waals surface area contributed by atoms with Gasteiger partial charge in [0, 0.05) is 56.8 Å². The Kier molecular flexibility index (Phi) is 4.43. The van der Waals surface area contributed by atoms with Gasteiger partial charge in [-0.2, -0.15) is 0 Å². The zero-order valence-corrected chi connectivity index (χ0v) is 14.1. The van der Waals surface area contributed by atoms with E-state index in [0.29, 0.717) is 5.82 Å². The van der Waals surface area contributed by atoms with Crippen molar-refractivity contribution in [2.24, 2.45) is 0 Å². The number of carbonyl (C=O) groups is 1. The highest BCUT2D eigenvalue weighted by molar-refractivity contribution is 5.80. The Labute approximate surface area is 146 Å². The molecule has 128 valence electrons. The third-order valence-electron chi connectivity index (χ3n) is 4.68. The Bertz CT molecular complexity index is 852. The predicted molar refractivity (Wildman–Crippen MR) is 95.9 cm³/mol. The van der Waals surface area contributed by atoms with E-state index in [1.165, 1.54) is 16.5 Å². The molecule has 2 aromatic heterocycles. The van der Waals surface area contributed by atoms with E-state index in [4.69, 9.17) is 0 Å². The number of H-pyrrole nitrogens is 1. The smallest absolute Gasteiger partial charge is 0.230 e. The molecule has 1 aliphatic heterocycles. The van der Waals surface area contributed by atoms with Crippen LogP contribution >= 0.6 is 0 Å². The van der Waals surface area contributed by atoms with Gasteiger partial charge in [0.25, 0.3) is 0 Å². The van der Waals surface area contributed by atoms with Crippen molar-refractivity contribution in [2.75, 3.05) is 26.2 Å². The average Bonchev–Trinajstić information content (AvgIpc) is 3.11. The van der Waals surface area contributed by atoms with Gasteiger partial charge in [0.1, 0.15) is 5.82 Å². The van der Waals surface area contributed by atoms with Gasteiger partial charge in [0.2, 0.25) is 5.91 Å². The van der Waals surface area contributed by atoms with Crippen LogP contribution in [0.4, 0.5) is 0 Å². The lowest BCUT2D eigenvalue weighted by molar-refractivity contribution is -0.132. The van der Waals surface area contributed by atoms with Crippen molar-refractivity contribution in [3.63, 3.8) is 0 Å². The van der Waals surface area contributed by atoms with E-state index in [1.807, 2.05) is 11.1 Å². The third-order valence-corrected chi connectivity index (χ3v) is 4.68. The number of hydrogen-bond acceptors (Lipinski definition) is 4. The summed E-state index contributed by atoms with van der Waals surface area (Å²) in [5, 5.41) is 1.24. The Morgan fingerprint density at radius 3 is 2.68 bits per heavy atom. The maximum absolute atomic E-state index is 12.4. The first-order valence-electron chi connectivity index (χ1n) is 8.60. The molecule has 0 radical (unpaired) electrons. The van der Waals surface area contributed by atoms with Gasteiger partial charge < -0.3 is 9.88 Å². The summed E-state index contributed by atoms with van der Waals surface area (Å²) in [7, 11) is 0. The van der Waals surface area contributed by atoms with Gasteiger partial charge in [-0.3, -0.25) is 9.69 Å². The second-order valence-corrected chi connectivity index (χ2v) is 6.40. The van der Waals surface area contributed by atoms with Gasteiger partial charge in [-0.15, -0.1) is 0 Å². The maximum Gasteiger partial charge on any atom is 0.230 e. The fourth-order valence-corrected chi connectivity index (χ4v) is 3.28. The zero-order chi connectivity index (χ0) is 17.1. The lowest BCUT2D eigenvalue weighted by Crippen LogP contribution is -2.48. The quantitative estimate of drug-likeness (QED) is 0.790. The summed E-state index contributed by atoms with van der Waals surface area (Å²) in [5.41, 5.74) is 2.48. The first-order chi connectivity index (χ1) is 12.3. The fourth-order valence-electron chi connectivity index (χ4n) is 3.28. The van der Waals surface area contributed by atoms with Crippen LogP contribution in [-0.2, 0) is 17.8 Å². The van der Waals surface area contributed by atoms with E-state index in [-0.39, 0.29) is 12.3 Å². The Morgan fingerprint density at radius 1 is 1.08 bits per heavy atom. The fraction of sp³-hybridized carbons (Fsp3) is 0.316. The van der Waals surface area contributed by atoms with Crippen molar-refractivity contribution in [1.82, 2.24) is 24.8 Å². The number of piperazine rings is 1. The summed E-state index contributed by atoms with van der Waals surface area (Å²) in [5.74, 6) is 0.703. The lowest BCUT2D eigenvalue weighted by Gasteiger charge is -2.34. The van der Waals surface area contributed by atoms with Crippen LogP contribution < -0.4 is 0 Å². The molecule has 6 nitrogen and oxygen atoms in total. The second-order valence-electron chi connectivity index (χ2n) is 6.40. The minimum atomic E-state index is 0.111. The Morgan fingerprint density at radius 2 is 1.88 bits per heavy atom. The summed E-state index contributed by atoms with van der Waals surface area (Å²) in [6.07, 6.45) is 5.60. The summed E-state index contributed by atoms with van der Waals surface area (Å²) in [4.78, 5) is 28.2. The number of amides is 1. The molecule has 1 aromatic carbocycles. The monoisotopic (exact) mass is 335 g/mol. The molecule has 0 unspecified atom stereocenters. The van der Waals surface area contributed by atoms with Gasteiger partial charge in [-0.25, -0.2) is 9.97 Å². The van der Waals surface area contributed by atoms with Crippen LogP contribution in [0.2, 0.25) is 0 Å². The minimum absolute atomic E-state index is 0.111. The molecule has 0 spiro atoms. The zero-order valence-electron chi connectivity index (χ0n) is 14.1. The van der Waals surface area contributed by atoms with E-state index in [1.54, 1.807) is 18.5 Å². The molecular formula is C19H21N5O. The first kappa shape index (κ1) is 15.8. The number of hydrogen-bond donors (Lipinski definition) is 1. The Balaban J connectivity index is 1.31. The van der Waals surface area contributed by atoms with Crippen molar-refractivity contribution in [1.29, 1.82) is 0 Å². The first-order valence-corrected chi connectivity index (χ1v) is 8.60. The number of rotatable bonds is 4.